The second-order valence-electron chi connectivity index (χ2n) is 7.50. The van der Waals surface area contributed by atoms with Gasteiger partial charge < -0.3 is 23.7 Å². The van der Waals surface area contributed by atoms with Crippen LogP contribution in [0.15, 0.2) is 60.4 Å². The molecule has 0 saturated heterocycles. The Bertz CT molecular complexity index is 1250. The first kappa shape index (κ1) is 22.9. The number of aryl methyl sites for hydroxylation is 1. The molecule has 0 radical (unpaired) electrons. The molecule has 0 aliphatic carbocycles. The molecule has 7 nitrogen and oxygen atoms in total. The standard InChI is InChI=1S/C27H24O7/c1-5-16-6-8-17(9-7-16)12-22-25(28)20-11-10-19(15-21(20)34-22)33-27(29)18-13-23(30-2)26(32-4)24(14-18)31-3/h6-15H,5H2,1-4H3. The number of carbonyl (C=O) groups excluding carboxylic acids is 2. The Labute approximate surface area is 197 Å². The monoisotopic (exact) mass is 460 g/mol. The number of ether oxygens (including phenoxy) is 5. The van der Waals surface area contributed by atoms with Gasteiger partial charge in [0.25, 0.3) is 0 Å². The molecular formula is C27H24O7. The predicted octanol–water partition coefficient (Wildman–Crippen LogP) is 5.11. The van der Waals surface area contributed by atoms with E-state index in [-0.39, 0.29) is 22.9 Å². The van der Waals surface area contributed by atoms with Gasteiger partial charge in [0.15, 0.2) is 17.3 Å². The van der Waals surface area contributed by atoms with Crippen LogP contribution in [0.2, 0.25) is 0 Å². The zero-order chi connectivity index (χ0) is 24.2. The van der Waals surface area contributed by atoms with Crippen LogP contribution < -0.4 is 23.7 Å². The first-order chi connectivity index (χ1) is 16.5. The molecule has 0 aromatic heterocycles. The third-order valence-electron chi connectivity index (χ3n) is 5.44. The van der Waals surface area contributed by atoms with Crippen molar-refractivity contribution in [1.82, 2.24) is 0 Å². The lowest BCUT2D eigenvalue weighted by atomic mass is 10.1. The average molecular weight is 460 g/mol. The summed E-state index contributed by atoms with van der Waals surface area (Å²) in [5, 5.41) is 0. The molecular weight excluding hydrogens is 436 g/mol. The zero-order valence-electron chi connectivity index (χ0n) is 19.3. The maximum Gasteiger partial charge on any atom is 0.343 e. The Morgan fingerprint density at radius 1 is 0.912 bits per heavy atom. The van der Waals surface area contributed by atoms with Gasteiger partial charge in [0.05, 0.1) is 32.5 Å². The summed E-state index contributed by atoms with van der Waals surface area (Å²) in [7, 11) is 4.40. The van der Waals surface area contributed by atoms with Crippen molar-refractivity contribution in [3.63, 3.8) is 0 Å². The molecule has 0 spiro atoms. The van der Waals surface area contributed by atoms with Gasteiger partial charge in [-0.3, -0.25) is 4.79 Å². The number of hydrogen-bond acceptors (Lipinski definition) is 7. The van der Waals surface area contributed by atoms with Crippen molar-refractivity contribution in [3.05, 3.63) is 82.6 Å². The van der Waals surface area contributed by atoms with E-state index in [2.05, 4.69) is 6.92 Å². The van der Waals surface area contributed by atoms with E-state index in [0.29, 0.717) is 28.6 Å². The summed E-state index contributed by atoms with van der Waals surface area (Å²) in [6.07, 6.45) is 2.64. The number of methoxy groups -OCH3 is 3. The molecule has 7 heteroatoms. The number of Topliss-reactive ketones (excluding diaryl/α,β-unsaturated/α-hetero) is 1. The third kappa shape index (κ3) is 4.45. The maximum atomic E-state index is 12.8. The molecule has 1 aliphatic rings. The molecule has 3 aromatic rings. The van der Waals surface area contributed by atoms with Crippen molar-refractivity contribution in [2.24, 2.45) is 0 Å². The molecule has 0 bridgehead atoms. The van der Waals surface area contributed by atoms with Crippen LogP contribution in [0.25, 0.3) is 6.08 Å². The highest BCUT2D eigenvalue weighted by Gasteiger charge is 2.28. The number of rotatable bonds is 7. The third-order valence-corrected chi connectivity index (χ3v) is 5.44. The quantitative estimate of drug-likeness (QED) is 0.275. The van der Waals surface area contributed by atoms with E-state index >= 15 is 0 Å². The van der Waals surface area contributed by atoms with Gasteiger partial charge in [-0.15, -0.1) is 0 Å². The minimum atomic E-state index is -0.629. The molecule has 174 valence electrons. The highest BCUT2D eigenvalue weighted by atomic mass is 16.5. The SMILES string of the molecule is CCc1ccc(C=C2Oc3cc(OC(=O)c4cc(OC)c(OC)c(OC)c4)ccc3C2=O)cc1. The minimum absolute atomic E-state index is 0.211. The van der Waals surface area contributed by atoms with Crippen molar-refractivity contribution < 1.29 is 33.3 Å². The molecule has 0 atom stereocenters. The molecule has 0 fully saturated rings. The smallest absolute Gasteiger partial charge is 0.343 e. The number of fused-ring (bicyclic) bond motifs is 1. The minimum Gasteiger partial charge on any atom is -0.493 e. The Morgan fingerprint density at radius 2 is 1.59 bits per heavy atom. The molecule has 0 N–H and O–H groups in total. The van der Waals surface area contributed by atoms with Crippen LogP contribution in [0, 0.1) is 0 Å². The Hall–Kier alpha value is -4.26. The maximum absolute atomic E-state index is 12.8. The number of esters is 1. The van der Waals surface area contributed by atoms with Crippen molar-refractivity contribution in [1.29, 1.82) is 0 Å². The van der Waals surface area contributed by atoms with Gasteiger partial charge >= 0.3 is 5.97 Å². The van der Waals surface area contributed by atoms with Gasteiger partial charge in [-0.1, -0.05) is 31.2 Å². The van der Waals surface area contributed by atoms with Crippen LogP contribution in [-0.2, 0) is 6.42 Å². The van der Waals surface area contributed by atoms with Gasteiger partial charge in [0.1, 0.15) is 11.5 Å². The number of benzene rings is 3. The fraction of sp³-hybridized carbons (Fsp3) is 0.185. The van der Waals surface area contributed by atoms with Crippen LogP contribution in [0.5, 0.6) is 28.7 Å². The van der Waals surface area contributed by atoms with Gasteiger partial charge in [-0.05, 0) is 47.9 Å². The lowest BCUT2D eigenvalue weighted by Crippen LogP contribution is -2.09. The molecule has 4 rings (SSSR count). The molecule has 0 amide bonds. The van der Waals surface area contributed by atoms with E-state index in [1.807, 2.05) is 24.3 Å². The molecule has 0 saturated carbocycles. The van der Waals surface area contributed by atoms with E-state index in [1.165, 1.54) is 45.1 Å². The first-order valence-electron chi connectivity index (χ1n) is 10.7. The molecule has 34 heavy (non-hydrogen) atoms. The number of carbonyl (C=O) groups is 2. The van der Waals surface area contributed by atoms with Gasteiger partial charge in [0.2, 0.25) is 11.5 Å². The van der Waals surface area contributed by atoms with E-state index in [0.717, 1.165) is 12.0 Å². The number of hydrogen-bond donors (Lipinski definition) is 0. The topological polar surface area (TPSA) is 80.3 Å². The average Bonchev–Trinajstić information content (AvgIpc) is 3.17. The van der Waals surface area contributed by atoms with E-state index in [4.69, 9.17) is 23.7 Å². The van der Waals surface area contributed by atoms with E-state index in [9.17, 15) is 9.59 Å². The summed E-state index contributed by atoms with van der Waals surface area (Å²) in [5.41, 5.74) is 2.69. The summed E-state index contributed by atoms with van der Waals surface area (Å²) in [5.74, 6) is 0.960. The van der Waals surface area contributed by atoms with Crippen molar-refractivity contribution in [2.45, 2.75) is 13.3 Å². The Balaban J connectivity index is 1.55. The fourth-order valence-corrected chi connectivity index (χ4v) is 3.60. The van der Waals surface area contributed by atoms with E-state index < -0.39 is 5.97 Å². The summed E-state index contributed by atoms with van der Waals surface area (Å²) in [6.45, 7) is 2.08. The second-order valence-corrected chi connectivity index (χ2v) is 7.50. The molecule has 3 aromatic carbocycles. The van der Waals surface area contributed by atoms with Gasteiger partial charge in [0, 0.05) is 6.07 Å². The second kappa shape index (κ2) is 9.70. The zero-order valence-corrected chi connectivity index (χ0v) is 19.3. The van der Waals surface area contributed by atoms with Crippen molar-refractivity contribution >= 4 is 17.8 Å². The number of allylic oxidation sites excluding steroid dienone is 1. The van der Waals surface area contributed by atoms with Crippen LogP contribution in [0.4, 0.5) is 0 Å². The first-order valence-corrected chi connectivity index (χ1v) is 10.7. The number of ketones is 1. The largest absolute Gasteiger partial charge is 0.493 e. The molecule has 0 unspecified atom stereocenters. The van der Waals surface area contributed by atoms with E-state index in [1.54, 1.807) is 18.2 Å². The molecule has 1 heterocycles. The van der Waals surface area contributed by atoms with Crippen LogP contribution in [-0.4, -0.2) is 33.1 Å². The lowest BCUT2D eigenvalue weighted by Gasteiger charge is -2.13. The van der Waals surface area contributed by atoms with Crippen LogP contribution in [0.3, 0.4) is 0 Å². The predicted molar refractivity (Wildman–Crippen MR) is 126 cm³/mol. The summed E-state index contributed by atoms with van der Waals surface area (Å²) >= 11 is 0. The van der Waals surface area contributed by atoms with Gasteiger partial charge in [-0.25, -0.2) is 4.79 Å². The highest BCUT2D eigenvalue weighted by molar-refractivity contribution is 6.14. The highest BCUT2D eigenvalue weighted by Crippen LogP contribution is 2.39. The molecule has 1 aliphatic heterocycles. The fourth-order valence-electron chi connectivity index (χ4n) is 3.60. The van der Waals surface area contributed by atoms with Gasteiger partial charge in [-0.2, -0.15) is 0 Å². The van der Waals surface area contributed by atoms with Crippen LogP contribution in [0.1, 0.15) is 38.8 Å². The van der Waals surface area contributed by atoms with Crippen molar-refractivity contribution in [3.8, 4) is 28.7 Å². The van der Waals surface area contributed by atoms with Crippen molar-refractivity contribution in [2.75, 3.05) is 21.3 Å². The Kier molecular flexibility index (Phi) is 6.54. The summed E-state index contributed by atoms with van der Waals surface area (Å²) in [6, 6.07) is 15.6. The Morgan fingerprint density at radius 3 is 2.18 bits per heavy atom. The van der Waals surface area contributed by atoms with Crippen LogP contribution >= 0.6 is 0 Å². The normalized spacial score (nSPS) is 13.3. The summed E-state index contributed by atoms with van der Waals surface area (Å²) < 4.78 is 27.1. The summed E-state index contributed by atoms with van der Waals surface area (Å²) in [4.78, 5) is 25.5. The lowest BCUT2D eigenvalue weighted by molar-refractivity contribution is 0.0733.